The minimum Gasteiger partial charge on any atom is -0.454 e. The van der Waals surface area contributed by atoms with Crippen LogP contribution in [-0.4, -0.2) is 36.0 Å². The third-order valence-corrected chi connectivity index (χ3v) is 5.81. The van der Waals surface area contributed by atoms with Crippen LogP contribution >= 0.6 is 0 Å². The third kappa shape index (κ3) is 4.30. The highest BCUT2D eigenvalue weighted by Crippen LogP contribution is 2.32. The summed E-state index contributed by atoms with van der Waals surface area (Å²) in [6.07, 6.45) is 1.60. The maximum atomic E-state index is 12.6. The quantitative estimate of drug-likeness (QED) is 0.687. The topological polar surface area (TPSA) is 76.6 Å². The predicted octanol–water partition coefficient (Wildman–Crippen LogP) is 3.41. The van der Waals surface area contributed by atoms with Crippen LogP contribution in [0.15, 0.2) is 60.7 Å². The Morgan fingerprint density at radius 1 is 0.968 bits per heavy atom. The highest BCUT2D eigenvalue weighted by molar-refractivity contribution is 5.79. The summed E-state index contributed by atoms with van der Waals surface area (Å²) in [7, 11) is 0. The zero-order valence-electron chi connectivity index (χ0n) is 17.2. The average Bonchev–Trinajstić information content (AvgIpc) is 3.31. The molecule has 0 atom stereocenters. The molecule has 0 radical (unpaired) electrons. The Kier molecular flexibility index (Phi) is 5.39. The van der Waals surface area contributed by atoms with Crippen LogP contribution in [-0.2, 0) is 11.3 Å². The lowest BCUT2D eigenvalue weighted by Gasteiger charge is -2.31. The van der Waals surface area contributed by atoms with Crippen LogP contribution in [0.5, 0.6) is 11.5 Å². The van der Waals surface area contributed by atoms with Crippen molar-refractivity contribution in [3.63, 3.8) is 0 Å². The van der Waals surface area contributed by atoms with Crippen molar-refractivity contribution < 1.29 is 14.3 Å². The number of aromatic nitrogens is 2. The van der Waals surface area contributed by atoms with Gasteiger partial charge in [0.05, 0.1) is 5.69 Å². The number of anilines is 1. The van der Waals surface area contributed by atoms with E-state index >= 15 is 0 Å². The van der Waals surface area contributed by atoms with E-state index in [2.05, 4.69) is 20.4 Å². The lowest BCUT2D eigenvalue weighted by molar-refractivity contribution is -0.125. The van der Waals surface area contributed by atoms with Gasteiger partial charge in [-0.1, -0.05) is 36.4 Å². The summed E-state index contributed by atoms with van der Waals surface area (Å²) < 4.78 is 10.7. The maximum Gasteiger partial charge on any atom is 0.231 e. The minimum atomic E-state index is 0.0156. The van der Waals surface area contributed by atoms with Crippen LogP contribution in [0.2, 0.25) is 0 Å². The number of carbonyl (C=O) groups is 1. The smallest absolute Gasteiger partial charge is 0.231 e. The molecule has 2 aliphatic heterocycles. The lowest BCUT2D eigenvalue weighted by Crippen LogP contribution is -2.40. The van der Waals surface area contributed by atoms with Crippen LogP contribution in [0, 0.1) is 5.92 Å². The summed E-state index contributed by atoms with van der Waals surface area (Å²) in [5.41, 5.74) is 2.92. The Morgan fingerprint density at radius 3 is 2.55 bits per heavy atom. The average molecular weight is 416 g/mol. The Balaban J connectivity index is 1.13. The van der Waals surface area contributed by atoms with Gasteiger partial charge in [-0.25, -0.2) is 0 Å². The molecule has 1 amide bonds. The highest BCUT2D eigenvalue weighted by atomic mass is 16.7. The molecule has 0 unspecified atom stereocenters. The van der Waals surface area contributed by atoms with E-state index in [1.54, 1.807) is 0 Å². The molecule has 1 saturated heterocycles. The van der Waals surface area contributed by atoms with Gasteiger partial charge < -0.3 is 19.7 Å². The van der Waals surface area contributed by atoms with E-state index in [4.69, 9.17) is 9.47 Å². The number of nitrogens with one attached hydrogen (secondary N) is 1. The molecule has 31 heavy (non-hydrogen) atoms. The largest absolute Gasteiger partial charge is 0.454 e. The number of ether oxygens (including phenoxy) is 2. The van der Waals surface area contributed by atoms with E-state index in [9.17, 15) is 4.79 Å². The molecule has 1 fully saturated rings. The molecule has 2 aromatic carbocycles. The van der Waals surface area contributed by atoms with E-state index in [-0.39, 0.29) is 18.6 Å². The minimum absolute atomic E-state index is 0.0156. The van der Waals surface area contributed by atoms with Gasteiger partial charge >= 0.3 is 0 Å². The van der Waals surface area contributed by atoms with E-state index < -0.39 is 0 Å². The lowest BCUT2D eigenvalue weighted by atomic mass is 9.96. The molecule has 158 valence electrons. The van der Waals surface area contributed by atoms with Crippen LogP contribution in [0.3, 0.4) is 0 Å². The highest BCUT2D eigenvalue weighted by Gasteiger charge is 2.26. The van der Waals surface area contributed by atoms with Crippen molar-refractivity contribution in [1.29, 1.82) is 0 Å². The number of benzene rings is 2. The Hall–Kier alpha value is -3.61. The van der Waals surface area contributed by atoms with E-state index in [0.717, 1.165) is 60.1 Å². The van der Waals surface area contributed by atoms with Crippen LogP contribution in [0.1, 0.15) is 18.4 Å². The first-order valence-corrected chi connectivity index (χ1v) is 10.6. The molecular weight excluding hydrogens is 392 g/mol. The summed E-state index contributed by atoms with van der Waals surface area (Å²) in [6, 6.07) is 19.8. The molecule has 1 N–H and O–H groups in total. The molecule has 0 bridgehead atoms. The van der Waals surface area contributed by atoms with Crippen LogP contribution in [0.4, 0.5) is 5.82 Å². The molecule has 0 saturated carbocycles. The second-order valence-corrected chi connectivity index (χ2v) is 7.81. The predicted molar refractivity (Wildman–Crippen MR) is 117 cm³/mol. The van der Waals surface area contributed by atoms with Crippen molar-refractivity contribution in [2.45, 2.75) is 19.4 Å². The summed E-state index contributed by atoms with van der Waals surface area (Å²) in [6.45, 7) is 2.33. The zero-order valence-corrected chi connectivity index (χ0v) is 17.2. The molecular formula is C24H24N4O3. The van der Waals surface area contributed by atoms with Gasteiger partial charge in [0.2, 0.25) is 12.7 Å². The molecule has 5 rings (SSSR count). The second kappa shape index (κ2) is 8.63. The van der Waals surface area contributed by atoms with Gasteiger partial charge in [-0.05, 0) is 42.7 Å². The van der Waals surface area contributed by atoms with Gasteiger partial charge in [0.25, 0.3) is 0 Å². The van der Waals surface area contributed by atoms with Gasteiger partial charge in [-0.3, -0.25) is 4.79 Å². The van der Waals surface area contributed by atoms with Gasteiger partial charge in [-0.15, -0.1) is 10.2 Å². The molecule has 3 aromatic rings. The van der Waals surface area contributed by atoms with Crippen molar-refractivity contribution >= 4 is 11.7 Å². The Bertz CT molecular complexity index is 1050. The van der Waals surface area contributed by atoms with Crippen molar-refractivity contribution in [2.24, 2.45) is 5.92 Å². The molecule has 1 aromatic heterocycles. The number of carbonyl (C=O) groups excluding carboxylic acids is 1. The summed E-state index contributed by atoms with van der Waals surface area (Å²) in [4.78, 5) is 14.8. The molecule has 7 nitrogen and oxygen atoms in total. The molecule has 0 spiro atoms. The number of fused-ring (bicyclic) bond motifs is 1. The molecule has 3 heterocycles. The van der Waals surface area contributed by atoms with Crippen molar-refractivity contribution in [2.75, 3.05) is 24.8 Å². The number of amides is 1. The van der Waals surface area contributed by atoms with Crippen LogP contribution in [0.25, 0.3) is 11.3 Å². The van der Waals surface area contributed by atoms with Gasteiger partial charge in [-0.2, -0.15) is 0 Å². The number of hydrogen-bond acceptors (Lipinski definition) is 6. The summed E-state index contributed by atoms with van der Waals surface area (Å²) in [5, 5.41) is 11.8. The monoisotopic (exact) mass is 416 g/mol. The SMILES string of the molecule is O=C(NCc1ccc2c(c1)OCO2)C1CCN(c2ccc(-c3ccccc3)nn2)CC1. The Morgan fingerprint density at radius 2 is 1.77 bits per heavy atom. The number of nitrogens with zero attached hydrogens (tertiary/aromatic N) is 3. The molecule has 7 heteroatoms. The normalized spacial score (nSPS) is 15.7. The first kappa shape index (κ1) is 19.4. The zero-order chi connectivity index (χ0) is 21.0. The fraction of sp³-hybridized carbons (Fsp3) is 0.292. The van der Waals surface area contributed by atoms with Crippen molar-refractivity contribution in [3.8, 4) is 22.8 Å². The number of rotatable bonds is 5. The molecule has 0 aliphatic carbocycles. The maximum absolute atomic E-state index is 12.6. The third-order valence-electron chi connectivity index (χ3n) is 5.81. The fourth-order valence-electron chi connectivity index (χ4n) is 4.01. The van der Waals surface area contributed by atoms with Gasteiger partial charge in [0.15, 0.2) is 17.3 Å². The molecule has 2 aliphatic rings. The van der Waals surface area contributed by atoms with E-state index in [1.807, 2.05) is 60.7 Å². The first-order chi connectivity index (χ1) is 15.3. The fourth-order valence-corrected chi connectivity index (χ4v) is 4.01. The van der Waals surface area contributed by atoms with E-state index in [0.29, 0.717) is 6.54 Å². The number of hydrogen-bond donors (Lipinski definition) is 1. The standard InChI is InChI=1S/C24H24N4O3/c29-24(25-15-17-6-8-21-22(14-17)31-16-30-21)19-10-12-28(13-11-19)23-9-7-20(26-27-23)18-4-2-1-3-5-18/h1-9,14,19H,10-13,15-16H2,(H,25,29). The van der Waals surface area contributed by atoms with Gasteiger partial charge in [0, 0.05) is 31.1 Å². The Labute approximate surface area is 181 Å². The summed E-state index contributed by atoms with van der Waals surface area (Å²) in [5.74, 6) is 2.46. The number of piperidine rings is 1. The van der Waals surface area contributed by atoms with Crippen LogP contribution < -0.4 is 19.7 Å². The second-order valence-electron chi connectivity index (χ2n) is 7.81. The van der Waals surface area contributed by atoms with E-state index in [1.165, 1.54) is 0 Å². The summed E-state index contributed by atoms with van der Waals surface area (Å²) >= 11 is 0. The van der Waals surface area contributed by atoms with Gasteiger partial charge in [0.1, 0.15) is 0 Å². The first-order valence-electron chi connectivity index (χ1n) is 10.6. The van der Waals surface area contributed by atoms with Crippen molar-refractivity contribution in [3.05, 3.63) is 66.2 Å². The van der Waals surface area contributed by atoms with Crippen molar-refractivity contribution in [1.82, 2.24) is 15.5 Å².